The molecule has 174 valence electrons. The average molecular weight is 472 g/mol. The topological polar surface area (TPSA) is 122 Å². The van der Waals surface area contributed by atoms with Crippen LogP contribution in [0, 0.1) is 0 Å². The Kier molecular flexibility index (Phi) is 6.22. The first-order chi connectivity index (χ1) is 15.8. The standard InChI is InChI=1S/C23H25N3O6S/c1-2-24-33(30,31)17-11-9-16(10-12-17)21(28)32-15-20(27)26-19-8-4-3-7-18(19)25-22(29)23(26)13-5-6-14-23/h3-4,7-12,24H,2,5-6,13-15H2,1H3,(H,25,29). The molecule has 10 heteroatoms. The molecule has 0 unspecified atom stereocenters. The summed E-state index contributed by atoms with van der Waals surface area (Å²) in [5.74, 6) is -1.47. The zero-order valence-corrected chi connectivity index (χ0v) is 19.0. The molecule has 1 saturated carbocycles. The van der Waals surface area contributed by atoms with Crippen LogP contribution in [0.1, 0.15) is 43.0 Å². The predicted molar refractivity (Wildman–Crippen MR) is 121 cm³/mol. The molecule has 2 amide bonds. The van der Waals surface area contributed by atoms with Crippen molar-refractivity contribution in [2.75, 3.05) is 23.4 Å². The Labute approximate surface area is 192 Å². The molecule has 2 aromatic carbocycles. The molecule has 0 atom stereocenters. The summed E-state index contributed by atoms with van der Waals surface area (Å²) in [6.07, 6.45) is 2.71. The second kappa shape index (κ2) is 8.95. The number of ether oxygens (including phenoxy) is 1. The maximum absolute atomic E-state index is 13.2. The van der Waals surface area contributed by atoms with Gasteiger partial charge in [0.2, 0.25) is 10.0 Å². The van der Waals surface area contributed by atoms with Gasteiger partial charge in [-0.3, -0.25) is 14.5 Å². The summed E-state index contributed by atoms with van der Waals surface area (Å²) >= 11 is 0. The quantitative estimate of drug-likeness (QED) is 0.624. The molecule has 1 fully saturated rings. The van der Waals surface area contributed by atoms with Crippen molar-refractivity contribution in [3.05, 3.63) is 54.1 Å². The van der Waals surface area contributed by atoms with E-state index < -0.39 is 34.0 Å². The van der Waals surface area contributed by atoms with Gasteiger partial charge in [0.15, 0.2) is 6.61 Å². The molecule has 1 aliphatic heterocycles. The van der Waals surface area contributed by atoms with Crippen LogP contribution >= 0.6 is 0 Å². The number of anilines is 2. The van der Waals surface area contributed by atoms with Crippen molar-refractivity contribution in [2.45, 2.75) is 43.0 Å². The first-order valence-corrected chi connectivity index (χ1v) is 12.3. The number of carbonyl (C=O) groups excluding carboxylic acids is 3. The lowest BCUT2D eigenvalue weighted by molar-refractivity contribution is -0.129. The summed E-state index contributed by atoms with van der Waals surface area (Å²) in [6, 6.07) is 12.3. The molecule has 9 nitrogen and oxygen atoms in total. The third kappa shape index (κ3) is 4.23. The SMILES string of the molecule is CCNS(=O)(=O)c1ccc(C(=O)OCC(=O)N2c3ccccc3NC(=O)C23CCCC3)cc1. The molecule has 1 heterocycles. The highest BCUT2D eigenvalue weighted by atomic mass is 32.2. The van der Waals surface area contributed by atoms with Gasteiger partial charge in [0.05, 0.1) is 21.8 Å². The number of amides is 2. The fourth-order valence-electron chi connectivity index (χ4n) is 4.45. The van der Waals surface area contributed by atoms with Crippen molar-refractivity contribution in [3.63, 3.8) is 0 Å². The van der Waals surface area contributed by atoms with E-state index in [0.29, 0.717) is 24.2 Å². The Morgan fingerprint density at radius 3 is 2.42 bits per heavy atom. The molecule has 0 bridgehead atoms. The third-order valence-electron chi connectivity index (χ3n) is 5.99. The first-order valence-electron chi connectivity index (χ1n) is 10.8. The van der Waals surface area contributed by atoms with Gasteiger partial charge < -0.3 is 10.1 Å². The number of sulfonamides is 1. The molecule has 2 aromatic rings. The highest BCUT2D eigenvalue weighted by molar-refractivity contribution is 7.89. The fraction of sp³-hybridized carbons (Fsp3) is 0.348. The van der Waals surface area contributed by atoms with Gasteiger partial charge in [0, 0.05) is 6.54 Å². The van der Waals surface area contributed by atoms with Crippen molar-refractivity contribution in [1.82, 2.24) is 4.72 Å². The van der Waals surface area contributed by atoms with Crippen molar-refractivity contribution >= 4 is 39.2 Å². The van der Waals surface area contributed by atoms with Gasteiger partial charge in [0.25, 0.3) is 11.8 Å². The lowest BCUT2D eigenvalue weighted by Crippen LogP contribution is -2.61. The van der Waals surface area contributed by atoms with Crippen LogP contribution in [0.4, 0.5) is 11.4 Å². The van der Waals surface area contributed by atoms with E-state index in [-0.39, 0.29) is 22.9 Å². The molecule has 33 heavy (non-hydrogen) atoms. The Bertz CT molecular complexity index is 1190. The lowest BCUT2D eigenvalue weighted by atomic mass is 9.90. The van der Waals surface area contributed by atoms with Crippen LogP contribution in [-0.2, 0) is 24.3 Å². The number of benzene rings is 2. The van der Waals surface area contributed by atoms with Crippen LogP contribution in [0.3, 0.4) is 0 Å². The minimum atomic E-state index is -3.64. The van der Waals surface area contributed by atoms with Crippen LogP contribution in [0.2, 0.25) is 0 Å². The average Bonchev–Trinajstić information content (AvgIpc) is 3.28. The molecular formula is C23H25N3O6S. The molecule has 0 aromatic heterocycles. The second-order valence-corrected chi connectivity index (χ2v) is 9.81. The molecular weight excluding hydrogens is 446 g/mol. The number of para-hydroxylation sites is 2. The number of esters is 1. The Balaban J connectivity index is 1.51. The first kappa shape index (κ1) is 22.9. The number of hydrogen-bond acceptors (Lipinski definition) is 6. The van der Waals surface area contributed by atoms with Gasteiger partial charge in [-0.15, -0.1) is 0 Å². The van der Waals surface area contributed by atoms with Gasteiger partial charge in [0.1, 0.15) is 5.54 Å². The van der Waals surface area contributed by atoms with Crippen molar-refractivity contribution in [3.8, 4) is 0 Å². The van der Waals surface area contributed by atoms with Crippen LogP contribution in [0.25, 0.3) is 0 Å². The fourth-order valence-corrected chi connectivity index (χ4v) is 5.49. The molecule has 2 N–H and O–H groups in total. The number of carbonyl (C=O) groups is 3. The number of fused-ring (bicyclic) bond motifs is 1. The third-order valence-corrected chi connectivity index (χ3v) is 7.55. The van der Waals surface area contributed by atoms with E-state index in [1.165, 1.54) is 29.2 Å². The van der Waals surface area contributed by atoms with Gasteiger partial charge >= 0.3 is 5.97 Å². The van der Waals surface area contributed by atoms with E-state index in [1.54, 1.807) is 31.2 Å². The van der Waals surface area contributed by atoms with E-state index in [2.05, 4.69) is 10.0 Å². The maximum atomic E-state index is 13.2. The smallest absolute Gasteiger partial charge is 0.338 e. The largest absolute Gasteiger partial charge is 0.452 e. The van der Waals surface area contributed by atoms with Crippen LogP contribution in [0.5, 0.6) is 0 Å². The minimum absolute atomic E-state index is 0.0242. The summed E-state index contributed by atoms with van der Waals surface area (Å²) in [4.78, 5) is 40.2. The molecule has 0 radical (unpaired) electrons. The summed E-state index contributed by atoms with van der Waals surface area (Å²) in [5.41, 5.74) is 0.251. The Morgan fingerprint density at radius 1 is 1.09 bits per heavy atom. The molecule has 0 saturated heterocycles. The van der Waals surface area contributed by atoms with Crippen LogP contribution in [-0.4, -0.2) is 44.9 Å². The van der Waals surface area contributed by atoms with Gasteiger partial charge in [-0.25, -0.2) is 17.9 Å². The normalized spacial score (nSPS) is 16.9. The molecule has 1 aliphatic carbocycles. The van der Waals surface area contributed by atoms with Crippen molar-refractivity contribution in [1.29, 1.82) is 0 Å². The zero-order chi connectivity index (χ0) is 23.6. The van der Waals surface area contributed by atoms with Crippen molar-refractivity contribution in [2.24, 2.45) is 0 Å². The van der Waals surface area contributed by atoms with Gasteiger partial charge in [-0.2, -0.15) is 0 Å². The van der Waals surface area contributed by atoms with Gasteiger partial charge in [-0.1, -0.05) is 31.9 Å². The zero-order valence-electron chi connectivity index (χ0n) is 18.2. The highest BCUT2D eigenvalue weighted by Crippen LogP contribution is 2.45. The van der Waals surface area contributed by atoms with Crippen LogP contribution < -0.4 is 14.9 Å². The predicted octanol–water partition coefficient (Wildman–Crippen LogP) is 2.44. The monoisotopic (exact) mass is 471 g/mol. The highest BCUT2D eigenvalue weighted by Gasteiger charge is 2.52. The van der Waals surface area contributed by atoms with E-state index >= 15 is 0 Å². The van der Waals surface area contributed by atoms with Crippen molar-refractivity contribution < 1.29 is 27.5 Å². The Morgan fingerprint density at radius 2 is 1.76 bits per heavy atom. The molecule has 4 rings (SSSR count). The number of nitrogens with one attached hydrogen (secondary N) is 2. The summed E-state index contributed by atoms with van der Waals surface area (Å²) in [5, 5.41) is 2.90. The summed E-state index contributed by atoms with van der Waals surface area (Å²) < 4.78 is 31.7. The Hall–Kier alpha value is -3.24. The number of rotatable bonds is 6. The van der Waals surface area contributed by atoms with E-state index in [9.17, 15) is 22.8 Å². The van der Waals surface area contributed by atoms with E-state index in [4.69, 9.17) is 4.74 Å². The molecule has 1 spiro atoms. The second-order valence-electron chi connectivity index (χ2n) is 8.04. The number of hydrogen-bond donors (Lipinski definition) is 2. The minimum Gasteiger partial charge on any atom is -0.452 e. The van der Waals surface area contributed by atoms with Crippen LogP contribution in [0.15, 0.2) is 53.4 Å². The van der Waals surface area contributed by atoms with E-state index in [1.807, 2.05) is 0 Å². The van der Waals surface area contributed by atoms with Gasteiger partial charge in [-0.05, 0) is 49.2 Å². The molecule has 2 aliphatic rings. The number of nitrogens with zero attached hydrogens (tertiary/aromatic N) is 1. The maximum Gasteiger partial charge on any atom is 0.338 e. The van der Waals surface area contributed by atoms with E-state index in [0.717, 1.165) is 12.8 Å². The summed E-state index contributed by atoms with van der Waals surface area (Å²) in [7, 11) is -3.64. The summed E-state index contributed by atoms with van der Waals surface area (Å²) in [6.45, 7) is 1.37. The lowest BCUT2D eigenvalue weighted by Gasteiger charge is -2.44.